The zero-order chi connectivity index (χ0) is 58.5. The molecule has 0 spiro atoms. The number of nitrogens with zero attached hydrogens (tertiary/aromatic N) is 11. The number of carboxylic acids is 1. The van der Waals surface area contributed by atoms with Crippen molar-refractivity contribution in [3.63, 3.8) is 0 Å². The maximum absolute atomic E-state index is 14.4. The Balaban J connectivity index is 0.000000244. The van der Waals surface area contributed by atoms with Crippen LogP contribution < -0.4 is 16.0 Å². The second-order valence-electron chi connectivity index (χ2n) is 18.3. The molecule has 0 bridgehead atoms. The number of hydrogen-bond acceptors (Lipinski definition) is 17. The molecule has 83 heavy (non-hydrogen) atoms. The molecule has 8 aromatic rings. The van der Waals surface area contributed by atoms with Gasteiger partial charge < -0.3 is 26.0 Å². The van der Waals surface area contributed by atoms with Gasteiger partial charge in [-0.2, -0.15) is 23.7 Å². The number of carboxylic acid groups (broad SMARTS) is 1. The summed E-state index contributed by atoms with van der Waals surface area (Å²) in [4.78, 5) is 99.9. The highest BCUT2D eigenvalue weighted by atomic mass is 79.9. The van der Waals surface area contributed by atoms with Crippen LogP contribution in [-0.4, -0.2) is 132 Å². The highest BCUT2D eigenvalue weighted by molar-refractivity contribution is 9.10. The number of aromatic nitrogens is 10. The highest BCUT2D eigenvalue weighted by Gasteiger charge is 2.40. The summed E-state index contributed by atoms with van der Waals surface area (Å²) in [6.45, 7) is 6.25. The third kappa shape index (κ3) is 17.3. The van der Waals surface area contributed by atoms with E-state index >= 15 is 0 Å². The van der Waals surface area contributed by atoms with Crippen LogP contribution in [-0.2, 0) is 67.5 Å². The number of ketones is 2. The fraction of sp³-hybridized carbons (Fsp3) is 0.296. The molecule has 0 aliphatic carbocycles. The summed E-state index contributed by atoms with van der Waals surface area (Å²) < 4.78 is 31.2. The Morgan fingerprint density at radius 3 is 1.53 bits per heavy atom. The van der Waals surface area contributed by atoms with Gasteiger partial charge in [0.1, 0.15) is 75.4 Å². The van der Waals surface area contributed by atoms with Gasteiger partial charge in [-0.25, -0.2) is 38.7 Å². The van der Waals surface area contributed by atoms with Crippen molar-refractivity contribution in [3.8, 4) is 22.3 Å². The third-order valence-electron chi connectivity index (χ3n) is 12.6. The number of pyridine rings is 2. The first-order valence-corrected chi connectivity index (χ1v) is 28.0. The number of fused-ring (bicyclic) bond motifs is 2. The van der Waals surface area contributed by atoms with E-state index < -0.39 is 42.2 Å². The topological polar surface area (TPSA) is 275 Å². The molecule has 2 aliphatic rings. The predicted molar refractivity (Wildman–Crippen MR) is 328 cm³/mol. The van der Waals surface area contributed by atoms with E-state index in [-0.39, 0.29) is 93.8 Å². The maximum Gasteiger partial charge on any atom is 0.325 e. The van der Waals surface area contributed by atoms with E-state index in [1.54, 1.807) is 73.3 Å². The maximum atomic E-state index is 14.4. The number of nitrogens with one attached hydrogen (secondary N) is 3. The number of alkyl halides is 2. The van der Waals surface area contributed by atoms with Gasteiger partial charge in [-0.15, -0.1) is 12.4 Å². The molecule has 29 heteroatoms. The zero-order valence-electron chi connectivity index (χ0n) is 44.8. The van der Waals surface area contributed by atoms with E-state index in [0.29, 0.717) is 42.6 Å². The van der Waals surface area contributed by atoms with Crippen LogP contribution in [0.5, 0.6) is 0 Å². The lowest BCUT2D eigenvalue weighted by Gasteiger charge is -2.23. The zero-order valence-corrected chi connectivity index (χ0v) is 51.4. The molecule has 3 amide bonds. The Labute approximate surface area is 514 Å². The van der Waals surface area contributed by atoms with E-state index in [1.165, 1.54) is 28.1 Å². The number of amides is 3. The van der Waals surface area contributed by atoms with Crippen LogP contribution in [0.4, 0.5) is 20.4 Å². The fourth-order valence-electron chi connectivity index (χ4n) is 8.78. The highest BCUT2D eigenvalue weighted by Crippen LogP contribution is 2.30. The van der Waals surface area contributed by atoms with E-state index in [2.05, 4.69) is 110 Å². The van der Waals surface area contributed by atoms with Crippen molar-refractivity contribution >= 4 is 149 Å². The molecular weight excluding hydrogens is 1290 g/mol. The van der Waals surface area contributed by atoms with Crippen molar-refractivity contribution in [1.82, 2.24) is 59.7 Å². The van der Waals surface area contributed by atoms with Crippen LogP contribution in [0.3, 0.4) is 0 Å². The molecule has 4 N–H and O–H groups in total. The summed E-state index contributed by atoms with van der Waals surface area (Å²) in [6.07, 6.45) is 6.23. The standard InChI is InChI=1S/C27H25BrFN7O3.C17H16N4O3.C10H11BrFN3O.ClH.S2.H2S/c1-3-23-30-11-17(12-31-23)16-7-8-20-19(9-16)26(15(2)37)34-36(20)14-25(38)35-13-18(29)10-21(35)27(39)33-24-6-4-5-22(28)32-24;1-3-15-18-7-12(8-19-15)11-4-5-14-13(6-11)17(10(2)22)20-21(14)9-16(23)24;11-8-2-1-3-9(14-8)15-10(16)7-4-6(12)5-13-7;;1-2;/h4-9,11-12,18,21H,3,10,13-14H2,1-2H3,(H,32,33,39);4-8H,3,9H2,1-2H3,(H,23,24);1-3,6-7,13H,4-5H2,(H,14,15,16);1H;;1H2/t18-,21+;;6-,7+;;;/m1.1.../s1. The Hall–Kier alpha value is -7.08. The van der Waals surface area contributed by atoms with Crippen molar-refractivity contribution < 1.29 is 42.7 Å². The molecule has 436 valence electrons. The Morgan fingerprint density at radius 2 is 1.12 bits per heavy atom. The number of carbonyl (C=O) groups excluding carboxylic acids is 5. The molecule has 2 aromatic carbocycles. The summed E-state index contributed by atoms with van der Waals surface area (Å²) in [7, 11) is 0. The summed E-state index contributed by atoms with van der Waals surface area (Å²) in [6, 6.07) is 19.6. The Kier molecular flexibility index (Phi) is 24.9. The number of likely N-dealkylation sites (tertiary alicyclic amines) is 1. The van der Waals surface area contributed by atoms with Crippen molar-refractivity contribution in [2.75, 3.05) is 23.7 Å². The van der Waals surface area contributed by atoms with Crippen molar-refractivity contribution in [2.24, 2.45) is 0 Å². The molecule has 2 aliphatic heterocycles. The van der Waals surface area contributed by atoms with E-state index in [4.69, 9.17) is 5.11 Å². The molecule has 0 unspecified atom stereocenters. The van der Waals surface area contributed by atoms with Gasteiger partial charge in [0.15, 0.2) is 11.6 Å². The number of rotatable bonds is 14. The molecule has 2 saturated heterocycles. The number of Topliss-reactive ketones (excluding diaryl/α,β-unsaturated/α-hetero) is 2. The van der Waals surface area contributed by atoms with Gasteiger partial charge in [0, 0.05) is 115 Å². The first-order chi connectivity index (χ1) is 38.9. The van der Waals surface area contributed by atoms with Gasteiger partial charge in [0.25, 0.3) is 0 Å². The first kappa shape index (κ1) is 66.7. The summed E-state index contributed by atoms with van der Waals surface area (Å²) in [5, 5.41) is 26.9. The molecule has 4 atom stereocenters. The van der Waals surface area contributed by atoms with Gasteiger partial charge in [0.05, 0.1) is 23.6 Å². The smallest absolute Gasteiger partial charge is 0.325 e. The van der Waals surface area contributed by atoms with Crippen LogP contribution in [0.25, 0.3) is 44.1 Å². The fourth-order valence-corrected chi connectivity index (χ4v) is 9.47. The van der Waals surface area contributed by atoms with Crippen molar-refractivity contribution in [3.05, 3.63) is 130 Å². The van der Waals surface area contributed by atoms with Gasteiger partial charge in [-0.3, -0.25) is 38.1 Å². The quantitative estimate of drug-likeness (QED) is 0.0588. The number of benzene rings is 2. The van der Waals surface area contributed by atoms with Crippen molar-refractivity contribution in [2.45, 2.75) is 90.9 Å². The number of carbonyl (C=O) groups is 6. The number of aryl methyl sites for hydroxylation is 2. The van der Waals surface area contributed by atoms with Crippen LogP contribution in [0.15, 0.2) is 107 Å². The Bertz CT molecular complexity index is 3630. The van der Waals surface area contributed by atoms with Gasteiger partial charge in [-0.05, 0) is 91.5 Å². The average Bonchev–Trinajstić information content (AvgIpc) is 4.15. The van der Waals surface area contributed by atoms with Gasteiger partial charge in [-0.1, -0.05) is 38.1 Å². The largest absolute Gasteiger partial charge is 0.480 e. The third-order valence-corrected chi connectivity index (χ3v) is 13.5. The SMILES string of the molecule is CCc1ncc(-c2ccc3c(c2)c(C(C)=O)nn3CC(=O)N2C[C@H](F)C[C@H]2C(=O)Nc2cccc(Br)n2)cn1.CCc1ncc(-c2ccc3c(c2)c(C(C)=O)nn3CC(=O)O)cn1.Cl.O=C(Nc1cccc(Br)n1)[C@@H]1C[C@@H](F)CN1.S.S=S. The lowest BCUT2D eigenvalue weighted by Crippen LogP contribution is -2.44. The molecule has 0 saturated carbocycles. The number of aliphatic carboxylic acids is 1. The average molecular weight is 1340 g/mol. The summed E-state index contributed by atoms with van der Waals surface area (Å²) in [5.74, 6) is -0.486. The van der Waals surface area contributed by atoms with E-state index in [9.17, 15) is 37.5 Å². The molecule has 8 heterocycles. The molecule has 6 aromatic heterocycles. The van der Waals surface area contributed by atoms with Gasteiger partial charge >= 0.3 is 5.97 Å². The normalized spacial score (nSPS) is 15.9. The van der Waals surface area contributed by atoms with Crippen LogP contribution in [0, 0.1) is 0 Å². The first-order valence-electron chi connectivity index (χ1n) is 25.1. The minimum Gasteiger partial charge on any atom is -0.480 e. The lowest BCUT2D eigenvalue weighted by atomic mass is 10.0. The molecule has 2 fully saturated rings. The Morgan fingerprint density at radius 1 is 0.663 bits per heavy atom. The second kappa shape index (κ2) is 31.0. The summed E-state index contributed by atoms with van der Waals surface area (Å²) >= 11 is 13.8. The van der Waals surface area contributed by atoms with E-state index in [1.807, 2.05) is 38.1 Å². The van der Waals surface area contributed by atoms with Crippen LogP contribution in [0.1, 0.15) is 73.2 Å². The second-order valence-corrected chi connectivity index (χ2v) is 19.9. The minimum atomic E-state index is -1.34. The lowest BCUT2D eigenvalue weighted by molar-refractivity contribution is -0.138. The van der Waals surface area contributed by atoms with Crippen LogP contribution >= 0.6 is 57.8 Å². The van der Waals surface area contributed by atoms with Gasteiger partial charge in [0.2, 0.25) is 17.7 Å². The monoisotopic (exact) mass is 1340 g/mol. The van der Waals surface area contributed by atoms with Crippen molar-refractivity contribution in [1.29, 1.82) is 0 Å². The van der Waals surface area contributed by atoms with E-state index in [0.717, 1.165) is 46.7 Å². The van der Waals surface area contributed by atoms with Crippen LogP contribution in [0.2, 0.25) is 0 Å². The number of hydrogen-bond donors (Lipinski definition) is 4. The number of halogens is 5. The molecule has 10 rings (SSSR count). The predicted octanol–water partition coefficient (Wildman–Crippen LogP) is 8.35. The minimum absolute atomic E-state index is 0. The molecular formula is C54H55Br2ClF2N14O7S3. The number of anilines is 2. The molecule has 0 radical (unpaired) electrons. The molecule has 21 nitrogen and oxygen atoms in total. The summed E-state index contributed by atoms with van der Waals surface area (Å²) in [5.41, 5.74) is 4.92.